The predicted octanol–water partition coefficient (Wildman–Crippen LogP) is 3.63. The van der Waals surface area contributed by atoms with E-state index in [4.69, 9.17) is 0 Å². The number of aliphatic hydroxyl groups excluding tert-OH is 1. The van der Waals surface area contributed by atoms with Crippen LogP contribution in [0.25, 0.3) is 11.0 Å². The second-order valence-corrected chi connectivity index (χ2v) is 9.11. The van der Waals surface area contributed by atoms with Crippen LogP contribution in [0.4, 0.5) is 8.78 Å². The van der Waals surface area contributed by atoms with E-state index in [1.807, 2.05) is 16.8 Å². The van der Waals surface area contributed by atoms with Gasteiger partial charge in [-0.25, -0.2) is 8.78 Å². The summed E-state index contributed by atoms with van der Waals surface area (Å²) in [6, 6.07) is 7.09. The number of halogens is 2. The van der Waals surface area contributed by atoms with Crippen molar-refractivity contribution in [3.05, 3.63) is 59.9 Å². The van der Waals surface area contributed by atoms with Gasteiger partial charge in [0, 0.05) is 36.9 Å². The molecule has 3 heterocycles. The molecule has 7 rings (SSSR count). The van der Waals surface area contributed by atoms with Crippen molar-refractivity contribution in [3.8, 4) is 0 Å². The topological polar surface area (TPSA) is 66.5 Å². The second-order valence-electron chi connectivity index (χ2n) is 9.11. The second kappa shape index (κ2) is 6.07. The van der Waals surface area contributed by atoms with Gasteiger partial charge < -0.3 is 5.11 Å². The van der Waals surface area contributed by atoms with Crippen molar-refractivity contribution in [2.24, 2.45) is 15.9 Å². The lowest BCUT2D eigenvalue weighted by Crippen LogP contribution is -2.70. The first-order chi connectivity index (χ1) is 14.5. The molecule has 0 spiro atoms. The van der Waals surface area contributed by atoms with Gasteiger partial charge in [0.15, 0.2) is 0 Å². The van der Waals surface area contributed by atoms with Crippen molar-refractivity contribution in [1.29, 1.82) is 0 Å². The van der Waals surface area contributed by atoms with Crippen LogP contribution in [0, 0.1) is 22.5 Å². The summed E-state index contributed by atoms with van der Waals surface area (Å²) in [5.41, 5.74) is 2.33. The molecule has 0 radical (unpaired) electrons. The predicted molar refractivity (Wildman–Crippen MR) is 106 cm³/mol. The Labute approximate surface area is 171 Å². The Kier molecular flexibility index (Phi) is 3.63. The van der Waals surface area contributed by atoms with E-state index in [-0.39, 0.29) is 16.9 Å². The quantitative estimate of drug-likeness (QED) is 0.699. The molecule has 3 fully saturated rings. The lowest BCUT2D eigenvalue weighted by molar-refractivity contribution is -0.297. The molecular formula is C22H21F2N5O. The van der Waals surface area contributed by atoms with Gasteiger partial charge in [-0.2, -0.15) is 10.2 Å². The van der Waals surface area contributed by atoms with E-state index in [0.29, 0.717) is 12.0 Å². The molecule has 2 bridgehead atoms. The van der Waals surface area contributed by atoms with Gasteiger partial charge in [-0.3, -0.25) is 14.7 Å². The monoisotopic (exact) mass is 409 g/mol. The molecule has 1 aliphatic heterocycles. The minimum absolute atomic E-state index is 0.139. The number of aliphatic hydroxyl groups is 1. The highest BCUT2D eigenvalue weighted by Crippen LogP contribution is 2.76. The molecular weight excluding hydrogens is 388 g/mol. The average molecular weight is 409 g/mol. The Morgan fingerprint density at radius 1 is 1.17 bits per heavy atom. The number of hydrogen-bond acceptors (Lipinski definition) is 5. The molecule has 0 saturated heterocycles. The SMILES string of the molecule is OC(N1N=CCC1c1cc(F)cc(F)c1)C12CC(Cn3ncc4ncccc43)(C1)C2. The van der Waals surface area contributed by atoms with E-state index < -0.39 is 17.9 Å². The first-order valence-electron chi connectivity index (χ1n) is 10.2. The van der Waals surface area contributed by atoms with Crippen molar-refractivity contribution >= 4 is 17.2 Å². The first-order valence-corrected chi connectivity index (χ1v) is 10.2. The fourth-order valence-corrected chi connectivity index (χ4v) is 5.88. The summed E-state index contributed by atoms with van der Waals surface area (Å²) >= 11 is 0. The molecule has 3 aromatic rings. The molecule has 1 N–H and O–H groups in total. The van der Waals surface area contributed by atoms with Gasteiger partial charge in [0.1, 0.15) is 23.4 Å². The number of aromatic nitrogens is 3. The normalized spacial score (nSPS) is 30.4. The number of fused-ring (bicyclic) bond motifs is 1. The summed E-state index contributed by atoms with van der Waals surface area (Å²) in [4.78, 5) is 4.33. The summed E-state index contributed by atoms with van der Waals surface area (Å²) in [5, 5.41) is 21.6. The van der Waals surface area contributed by atoms with Gasteiger partial charge in [-0.05, 0) is 54.5 Å². The fraction of sp³-hybridized carbons (Fsp3) is 0.409. The Morgan fingerprint density at radius 2 is 1.93 bits per heavy atom. The third kappa shape index (κ3) is 2.52. The molecule has 2 aromatic heterocycles. The summed E-state index contributed by atoms with van der Waals surface area (Å²) in [6.07, 6.45) is 7.67. The maximum atomic E-state index is 13.7. The zero-order valence-corrected chi connectivity index (χ0v) is 16.2. The number of rotatable bonds is 5. The average Bonchev–Trinajstić information content (AvgIpc) is 3.29. The molecule has 2 unspecified atom stereocenters. The molecule has 3 aliphatic carbocycles. The highest BCUT2D eigenvalue weighted by atomic mass is 19.1. The Bertz CT molecular complexity index is 1140. The minimum atomic E-state index is -0.773. The smallest absolute Gasteiger partial charge is 0.148 e. The highest BCUT2D eigenvalue weighted by molar-refractivity contribution is 5.73. The van der Waals surface area contributed by atoms with Crippen molar-refractivity contribution < 1.29 is 13.9 Å². The molecule has 2 atom stereocenters. The van der Waals surface area contributed by atoms with E-state index in [2.05, 4.69) is 15.2 Å². The zero-order chi connectivity index (χ0) is 20.5. The lowest BCUT2D eigenvalue weighted by Gasteiger charge is -2.72. The van der Waals surface area contributed by atoms with Gasteiger partial charge in [-0.15, -0.1) is 0 Å². The van der Waals surface area contributed by atoms with E-state index in [0.717, 1.165) is 42.9 Å². The van der Waals surface area contributed by atoms with Crippen LogP contribution in [-0.4, -0.2) is 37.3 Å². The largest absolute Gasteiger partial charge is 0.371 e. The van der Waals surface area contributed by atoms with E-state index >= 15 is 0 Å². The van der Waals surface area contributed by atoms with Gasteiger partial charge in [0.25, 0.3) is 0 Å². The molecule has 154 valence electrons. The lowest BCUT2D eigenvalue weighted by atomic mass is 9.34. The Hall–Kier alpha value is -2.87. The summed E-state index contributed by atoms with van der Waals surface area (Å²) < 4.78 is 29.4. The van der Waals surface area contributed by atoms with Crippen LogP contribution in [0.5, 0.6) is 0 Å². The molecule has 1 aromatic carbocycles. The number of hydrazone groups is 1. The number of nitrogens with zero attached hydrogens (tertiary/aromatic N) is 5. The summed E-state index contributed by atoms with van der Waals surface area (Å²) in [7, 11) is 0. The molecule has 0 amide bonds. The molecule has 30 heavy (non-hydrogen) atoms. The van der Waals surface area contributed by atoms with Crippen molar-refractivity contribution in [3.63, 3.8) is 0 Å². The molecule has 8 heteroatoms. The molecule has 3 saturated carbocycles. The minimum Gasteiger partial charge on any atom is -0.371 e. The number of benzene rings is 1. The number of pyridine rings is 1. The standard InChI is InChI=1S/C22H21F2N5O/c23-15-6-14(7-16(24)8-15)18-3-5-26-29(18)20(30)22-10-21(11-22,12-22)13-28-19-2-1-4-25-17(19)9-27-28/h1-2,4-9,18,20,30H,3,10-13H2. The first kappa shape index (κ1) is 17.9. The van der Waals surface area contributed by atoms with Crippen LogP contribution in [0.1, 0.15) is 37.3 Å². The van der Waals surface area contributed by atoms with Gasteiger partial charge in [0.2, 0.25) is 0 Å². The highest BCUT2D eigenvalue weighted by Gasteiger charge is 2.72. The summed E-state index contributed by atoms with van der Waals surface area (Å²) in [5.74, 6) is -1.23. The van der Waals surface area contributed by atoms with Gasteiger partial charge >= 0.3 is 0 Å². The third-order valence-electron chi connectivity index (χ3n) is 7.01. The molecule has 4 aliphatic rings. The van der Waals surface area contributed by atoms with Crippen LogP contribution in [0.2, 0.25) is 0 Å². The van der Waals surface area contributed by atoms with Crippen LogP contribution in [-0.2, 0) is 6.54 Å². The van der Waals surface area contributed by atoms with Crippen molar-refractivity contribution in [2.75, 3.05) is 0 Å². The Balaban J connectivity index is 1.18. The maximum Gasteiger partial charge on any atom is 0.148 e. The third-order valence-corrected chi connectivity index (χ3v) is 7.01. The maximum absolute atomic E-state index is 13.7. The summed E-state index contributed by atoms with van der Waals surface area (Å²) in [6.45, 7) is 0.804. The van der Waals surface area contributed by atoms with Crippen LogP contribution < -0.4 is 0 Å². The van der Waals surface area contributed by atoms with Gasteiger partial charge in [0.05, 0.1) is 17.8 Å². The van der Waals surface area contributed by atoms with Crippen LogP contribution in [0.3, 0.4) is 0 Å². The fourth-order valence-electron chi connectivity index (χ4n) is 5.88. The molecule has 6 nitrogen and oxygen atoms in total. The van der Waals surface area contributed by atoms with Crippen LogP contribution in [0.15, 0.2) is 47.8 Å². The van der Waals surface area contributed by atoms with E-state index in [1.165, 1.54) is 12.1 Å². The van der Waals surface area contributed by atoms with Crippen molar-refractivity contribution in [2.45, 2.75) is 44.5 Å². The van der Waals surface area contributed by atoms with Crippen LogP contribution >= 0.6 is 0 Å². The van der Waals surface area contributed by atoms with Gasteiger partial charge in [-0.1, -0.05) is 0 Å². The zero-order valence-electron chi connectivity index (χ0n) is 16.2. The van der Waals surface area contributed by atoms with E-state index in [1.54, 1.807) is 23.6 Å². The number of hydrogen-bond donors (Lipinski definition) is 1. The van der Waals surface area contributed by atoms with E-state index in [9.17, 15) is 13.9 Å². The van der Waals surface area contributed by atoms with Crippen molar-refractivity contribution in [1.82, 2.24) is 19.8 Å². The Morgan fingerprint density at radius 3 is 2.70 bits per heavy atom.